The van der Waals surface area contributed by atoms with Gasteiger partial charge in [-0.05, 0) is 47.2 Å². The molecule has 0 heterocycles. The van der Waals surface area contributed by atoms with Gasteiger partial charge in [0.25, 0.3) is 0 Å². The van der Waals surface area contributed by atoms with Gasteiger partial charge in [0.1, 0.15) is 0 Å². The SMILES string of the molecule is CCOC(=O)/C(=C/NC(c1ccccc1)c1ccccc1)c1ccccc1.CCOC(=O)/C(=C\NC(c1ccccc1)c1ccccc1)c1ccccc1. The Morgan fingerprint density at radius 3 is 0.907 bits per heavy atom. The van der Waals surface area contributed by atoms with Crippen molar-refractivity contribution in [3.05, 3.63) is 228 Å². The highest BCUT2D eigenvalue weighted by Gasteiger charge is 2.18. The Kier molecular flexibility index (Phi) is 15.0. The molecule has 0 amide bonds. The van der Waals surface area contributed by atoms with Gasteiger partial charge in [-0.15, -0.1) is 0 Å². The van der Waals surface area contributed by atoms with E-state index in [0.717, 1.165) is 33.4 Å². The number of carbonyl (C=O) groups is 2. The van der Waals surface area contributed by atoms with Crippen LogP contribution >= 0.6 is 0 Å². The summed E-state index contributed by atoms with van der Waals surface area (Å²) in [4.78, 5) is 25.0. The molecule has 0 aliphatic rings. The van der Waals surface area contributed by atoms with Crippen molar-refractivity contribution in [1.82, 2.24) is 10.6 Å². The lowest BCUT2D eigenvalue weighted by Gasteiger charge is -2.19. The maximum atomic E-state index is 12.5. The molecule has 6 aromatic rings. The lowest BCUT2D eigenvalue weighted by atomic mass is 9.98. The molecule has 6 aromatic carbocycles. The highest BCUT2D eigenvalue weighted by Crippen LogP contribution is 2.25. The summed E-state index contributed by atoms with van der Waals surface area (Å²) in [5.74, 6) is -0.674. The molecule has 2 N–H and O–H groups in total. The number of nitrogens with one attached hydrogen (secondary N) is 2. The number of carbonyl (C=O) groups excluding carboxylic acids is 2. The zero-order valence-corrected chi connectivity index (χ0v) is 30.7. The predicted molar refractivity (Wildman–Crippen MR) is 218 cm³/mol. The fourth-order valence-corrected chi connectivity index (χ4v) is 5.86. The summed E-state index contributed by atoms with van der Waals surface area (Å²) < 4.78 is 10.5. The van der Waals surface area contributed by atoms with Crippen molar-refractivity contribution in [1.29, 1.82) is 0 Å². The van der Waals surface area contributed by atoms with Gasteiger partial charge in [-0.25, -0.2) is 9.59 Å². The fourth-order valence-electron chi connectivity index (χ4n) is 5.86. The molecule has 6 rings (SSSR count). The van der Waals surface area contributed by atoms with Gasteiger partial charge < -0.3 is 20.1 Å². The van der Waals surface area contributed by atoms with Crippen LogP contribution in [-0.2, 0) is 19.1 Å². The summed E-state index contributed by atoms with van der Waals surface area (Å²) in [5.41, 5.74) is 7.15. The Morgan fingerprint density at radius 1 is 0.426 bits per heavy atom. The van der Waals surface area contributed by atoms with E-state index in [0.29, 0.717) is 24.4 Å². The Bertz CT molecular complexity index is 1820. The van der Waals surface area contributed by atoms with E-state index in [1.807, 2.05) is 147 Å². The fraction of sp³-hybridized carbons (Fsp3) is 0.125. The molecule has 6 heteroatoms. The van der Waals surface area contributed by atoms with Gasteiger partial charge in [0, 0.05) is 12.4 Å². The normalized spacial score (nSPS) is 11.3. The van der Waals surface area contributed by atoms with E-state index >= 15 is 0 Å². The van der Waals surface area contributed by atoms with Gasteiger partial charge in [0.05, 0.1) is 36.4 Å². The maximum Gasteiger partial charge on any atom is 0.340 e. The molecule has 0 fully saturated rings. The highest BCUT2D eigenvalue weighted by atomic mass is 16.5. The number of ether oxygens (including phenoxy) is 2. The molecule has 0 aliphatic heterocycles. The second-order valence-electron chi connectivity index (χ2n) is 12.1. The van der Waals surface area contributed by atoms with Crippen LogP contribution in [0.1, 0.15) is 59.3 Å². The van der Waals surface area contributed by atoms with E-state index in [1.165, 1.54) is 0 Å². The van der Waals surface area contributed by atoms with Crippen molar-refractivity contribution in [3.63, 3.8) is 0 Å². The van der Waals surface area contributed by atoms with Gasteiger partial charge in [-0.2, -0.15) is 0 Å². The summed E-state index contributed by atoms with van der Waals surface area (Å²) in [5, 5.41) is 6.85. The summed E-state index contributed by atoms with van der Waals surface area (Å²) in [6.45, 7) is 4.29. The molecule has 54 heavy (non-hydrogen) atoms. The van der Waals surface area contributed by atoms with Crippen molar-refractivity contribution < 1.29 is 19.1 Å². The number of benzene rings is 6. The standard InChI is InChI=1S/2C24H23NO2/c2*1-2-27-24(26)22(19-12-6-3-7-13-19)18-25-23(20-14-8-4-9-15-20)21-16-10-5-11-17-21/h2*3-18,23,25H,2H2,1H3/b22-18+;22-18-. The molecule has 0 saturated heterocycles. The minimum absolute atomic E-state index is 0.0689. The first-order valence-corrected chi connectivity index (χ1v) is 18.2. The first-order valence-electron chi connectivity index (χ1n) is 18.2. The van der Waals surface area contributed by atoms with Crippen LogP contribution in [0.25, 0.3) is 11.1 Å². The smallest absolute Gasteiger partial charge is 0.340 e. The summed E-state index contributed by atoms with van der Waals surface area (Å²) in [6.07, 6.45) is 3.52. The topological polar surface area (TPSA) is 76.7 Å². The van der Waals surface area contributed by atoms with Gasteiger partial charge >= 0.3 is 11.9 Å². The highest BCUT2D eigenvalue weighted by molar-refractivity contribution is 6.16. The van der Waals surface area contributed by atoms with Crippen molar-refractivity contribution in [2.75, 3.05) is 13.2 Å². The molecule has 6 nitrogen and oxygen atoms in total. The van der Waals surface area contributed by atoms with E-state index in [1.54, 1.807) is 12.4 Å². The van der Waals surface area contributed by atoms with Crippen molar-refractivity contribution in [3.8, 4) is 0 Å². The van der Waals surface area contributed by atoms with Crippen LogP contribution in [0.5, 0.6) is 0 Å². The average Bonchev–Trinajstić information content (AvgIpc) is 3.23. The molecule has 0 spiro atoms. The largest absolute Gasteiger partial charge is 0.462 e. The van der Waals surface area contributed by atoms with E-state index in [2.05, 4.69) is 59.2 Å². The van der Waals surface area contributed by atoms with Crippen LogP contribution in [-0.4, -0.2) is 25.2 Å². The lowest BCUT2D eigenvalue weighted by molar-refractivity contribution is -0.137. The average molecular weight is 715 g/mol. The molecular weight excluding hydrogens is 669 g/mol. The Morgan fingerprint density at radius 2 is 0.667 bits per heavy atom. The second kappa shape index (κ2) is 21.0. The number of hydrogen-bond donors (Lipinski definition) is 2. The summed E-state index contributed by atoms with van der Waals surface area (Å²) >= 11 is 0. The molecule has 0 saturated carbocycles. The van der Waals surface area contributed by atoms with Gasteiger partial charge in [-0.1, -0.05) is 182 Å². The summed E-state index contributed by atoms with van der Waals surface area (Å²) in [6, 6.07) is 59.7. The third-order valence-corrected chi connectivity index (χ3v) is 8.48. The van der Waals surface area contributed by atoms with E-state index in [9.17, 15) is 9.59 Å². The molecule has 272 valence electrons. The van der Waals surface area contributed by atoms with Gasteiger partial charge in [0.2, 0.25) is 0 Å². The van der Waals surface area contributed by atoms with Crippen molar-refractivity contribution in [2.45, 2.75) is 25.9 Å². The van der Waals surface area contributed by atoms with Crippen LogP contribution in [0.2, 0.25) is 0 Å². The lowest BCUT2D eigenvalue weighted by Crippen LogP contribution is -2.19. The third-order valence-electron chi connectivity index (χ3n) is 8.48. The first kappa shape index (κ1) is 38.6. The minimum Gasteiger partial charge on any atom is -0.462 e. The molecule has 0 aromatic heterocycles. The number of esters is 2. The van der Waals surface area contributed by atoms with Crippen molar-refractivity contribution in [2.24, 2.45) is 0 Å². The summed E-state index contributed by atoms with van der Waals surface area (Å²) in [7, 11) is 0. The van der Waals surface area contributed by atoms with Crippen LogP contribution in [0.3, 0.4) is 0 Å². The number of hydrogen-bond acceptors (Lipinski definition) is 6. The molecule has 0 aliphatic carbocycles. The third kappa shape index (κ3) is 11.2. The van der Waals surface area contributed by atoms with Crippen LogP contribution < -0.4 is 10.6 Å². The molecule has 0 atom stereocenters. The monoisotopic (exact) mass is 714 g/mol. The van der Waals surface area contributed by atoms with Crippen molar-refractivity contribution >= 4 is 23.1 Å². The minimum atomic E-state index is -0.337. The quantitative estimate of drug-likeness (QED) is 0.0865. The van der Waals surface area contributed by atoms with Gasteiger partial charge in [-0.3, -0.25) is 0 Å². The first-order chi connectivity index (χ1) is 26.6. The Hall–Kier alpha value is -6.66. The Balaban J connectivity index is 0.000000208. The molecule has 0 bridgehead atoms. The second-order valence-corrected chi connectivity index (χ2v) is 12.1. The molecular formula is C48H46N2O4. The Labute approximate surface area is 318 Å². The number of rotatable bonds is 14. The van der Waals surface area contributed by atoms with Gasteiger partial charge in [0.15, 0.2) is 0 Å². The van der Waals surface area contributed by atoms with Crippen LogP contribution in [0.4, 0.5) is 0 Å². The van der Waals surface area contributed by atoms with E-state index in [4.69, 9.17) is 9.47 Å². The zero-order chi connectivity index (χ0) is 37.8. The predicted octanol–water partition coefficient (Wildman–Crippen LogP) is 9.94. The zero-order valence-electron chi connectivity index (χ0n) is 30.7. The van der Waals surface area contributed by atoms with Crippen LogP contribution in [0, 0.1) is 0 Å². The van der Waals surface area contributed by atoms with E-state index < -0.39 is 0 Å². The molecule has 0 unspecified atom stereocenters. The van der Waals surface area contributed by atoms with Crippen LogP contribution in [0.15, 0.2) is 194 Å². The molecule has 0 radical (unpaired) electrons. The maximum absolute atomic E-state index is 12.5. The van der Waals surface area contributed by atoms with E-state index in [-0.39, 0.29) is 24.0 Å².